The maximum atomic E-state index is 11.7. The van der Waals surface area contributed by atoms with Gasteiger partial charge in [-0.3, -0.25) is 4.79 Å². The predicted molar refractivity (Wildman–Crippen MR) is 62.4 cm³/mol. The Bertz CT molecular complexity index is 214. The third-order valence-electron chi connectivity index (χ3n) is 3.02. The van der Waals surface area contributed by atoms with Crippen LogP contribution in [0, 0.1) is 11.8 Å². The molecule has 1 heterocycles. The Labute approximate surface area is 93.0 Å². The van der Waals surface area contributed by atoms with Crippen molar-refractivity contribution in [2.24, 2.45) is 17.6 Å². The van der Waals surface area contributed by atoms with Gasteiger partial charge in [0, 0.05) is 13.1 Å². The van der Waals surface area contributed by atoms with E-state index in [-0.39, 0.29) is 11.9 Å². The van der Waals surface area contributed by atoms with Crippen molar-refractivity contribution >= 4 is 5.91 Å². The van der Waals surface area contributed by atoms with Gasteiger partial charge in [0.25, 0.3) is 0 Å². The first-order valence-corrected chi connectivity index (χ1v) is 6.05. The van der Waals surface area contributed by atoms with Gasteiger partial charge in [-0.15, -0.1) is 0 Å². The summed E-state index contributed by atoms with van der Waals surface area (Å²) in [5, 5.41) is 0. The molecule has 1 unspecified atom stereocenters. The summed E-state index contributed by atoms with van der Waals surface area (Å²) in [6.45, 7) is 8.07. The highest BCUT2D eigenvalue weighted by Gasteiger charge is 2.25. The topological polar surface area (TPSA) is 46.3 Å². The fourth-order valence-electron chi connectivity index (χ4n) is 2.41. The lowest BCUT2D eigenvalue weighted by Crippen LogP contribution is -2.47. The van der Waals surface area contributed by atoms with E-state index in [9.17, 15) is 4.79 Å². The number of carbonyl (C=O) groups is 1. The fraction of sp³-hybridized carbons (Fsp3) is 0.917. The van der Waals surface area contributed by atoms with Crippen molar-refractivity contribution in [3.63, 3.8) is 0 Å². The highest BCUT2D eigenvalue weighted by molar-refractivity contribution is 5.81. The Morgan fingerprint density at radius 1 is 1.47 bits per heavy atom. The minimum absolute atomic E-state index is 0.114. The molecule has 0 aromatic rings. The minimum Gasteiger partial charge on any atom is -0.341 e. The first-order chi connectivity index (χ1) is 7.00. The molecular weight excluding hydrogens is 188 g/mol. The lowest BCUT2D eigenvalue weighted by molar-refractivity contribution is -0.134. The van der Waals surface area contributed by atoms with Gasteiger partial charge in [0.05, 0.1) is 6.04 Å². The number of likely N-dealkylation sites (tertiary alicyclic amines) is 1. The molecule has 2 N–H and O–H groups in total. The van der Waals surface area contributed by atoms with Crippen LogP contribution in [0.15, 0.2) is 0 Å². The molecule has 0 aromatic carbocycles. The molecule has 1 amide bonds. The molecule has 15 heavy (non-hydrogen) atoms. The van der Waals surface area contributed by atoms with Crippen LogP contribution >= 0.6 is 0 Å². The van der Waals surface area contributed by atoms with E-state index in [1.807, 2.05) is 4.90 Å². The molecule has 0 bridgehead atoms. The van der Waals surface area contributed by atoms with Crippen LogP contribution in [0.4, 0.5) is 0 Å². The van der Waals surface area contributed by atoms with Crippen LogP contribution < -0.4 is 5.73 Å². The number of rotatable bonds is 3. The summed E-state index contributed by atoms with van der Waals surface area (Å²) >= 11 is 0. The molecule has 0 aromatic heterocycles. The Kier molecular flexibility index (Phi) is 4.58. The molecule has 3 heteroatoms. The van der Waals surface area contributed by atoms with E-state index >= 15 is 0 Å². The van der Waals surface area contributed by atoms with Crippen molar-refractivity contribution in [1.82, 2.24) is 4.90 Å². The molecular formula is C12H24N2O. The van der Waals surface area contributed by atoms with Crippen molar-refractivity contribution in [3.8, 4) is 0 Å². The van der Waals surface area contributed by atoms with Crippen LogP contribution in [0.1, 0.15) is 40.0 Å². The maximum absolute atomic E-state index is 11.7. The quantitative estimate of drug-likeness (QED) is 0.772. The molecule has 1 fully saturated rings. The monoisotopic (exact) mass is 212 g/mol. The Hall–Kier alpha value is -0.570. The summed E-state index contributed by atoms with van der Waals surface area (Å²) in [7, 11) is 0. The largest absolute Gasteiger partial charge is 0.341 e. The number of nitrogens with zero attached hydrogens (tertiary/aromatic N) is 1. The van der Waals surface area contributed by atoms with Gasteiger partial charge in [0.2, 0.25) is 5.91 Å². The number of piperidine rings is 1. The van der Waals surface area contributed by atoms with E-state index in [4.69, 9.17) is 5.73 Å². The van der Waals surface area contributed by atoms with E-state index < -0.39 is 0 Å². The lowest BCUT2D eigenvalue weighted by atomic mass is 9.89. The molecule has 1 rings (SSSR count). The van der Waals surface area contributed by atoms with Crippen molar-refractivity contribution < 1.29 is 4.79 Å². The minimum atomic E-state index is -0.345. The third kappa shape index (κ3) is 3.82. The van der Waals surface area contributed by atoms with Crippen molar-refractivity contribution in [2.45, 2.75) is 46.1 Å². The van der Waals surface area contributed by atoms with Gasteiger partial charge < -0.3 is 10.6 Å². The Morgan fingerprint density at radius 3 is 2.67 bits per heavy atom. The van der Waals surface area contributed by atoms with Gasteiger partial charge in [-0.05, 0) is 38.0 Å². The summed E-state index contributed by atoms with van der Waals surface area (Å²) in [6, 6.07) is -0.345. The van der Waals surface area contributed by atoms with Crippen LogP contribution in [0.25, 0.3) is 0 Å². The Balaban J connectivity index is 2.45. The predicted octanol–water partition coefficient (Wildman–Crippen LogP) is 1.62. The zero-order valence-electron chi connectivity index (χ0n) is 10.2. The standard InChI is InChI=1S/C12H24N2O/c1-9(2)7-11-5-4-6-14(8-11)12(15)10(3)13/h9-11H,4-8,13H2,1-3H3/t10-,11?/m1/s1. The Morgan fingerprint density at radius 2 is 2.13 bits per heavy atom. The molecule has 0 saturated carbocycles. The summed E-state index contributed by atoms with van der Waals surface area (Å²) in [5.41, 5.74) is 5.62. The molecule has 1 saturated heterocycles. The number of carbonyl (C=O) groups excluding carboxylic acids is 1. The highest BCUT2D eigenvalue weighted by Crippen LogP contribution is 2.23. The van der Waals surface area contributed by atoms with Crippen LogP contribution in [-0.2, 0) is 4.79 Å². The molecule has 88 valence electrons. The second-order valence-corrected chi connectivity index (χ2v) is 5.21. The van der Waals surface area contributed by atoms with E-state index in [0.29, 0.717) is 5.92 Å². The van der Waals surface area contributed by atoms with E-state index in [2.05, 4.69) is 13.8 Å². The van der Waals surface area contributed by atoms with Gasteiger partial charge in [-0.25, -0.2) is 0 Å². The summed E-state index contributed by atoms with van der Waals surface area (Å²) in [5.74, 6) is 1.52. The zero-order valence-corrected chi connectivity index (χ0v) is 10.2. The lowest BCUT2D eigenvalue weighted by Gasteiger charge is -2.34. The second-order valence-electron chi connectivity index (χ2n) is 5.21. The molecule has 3 nitrogen and oxygen atoms in total. The number of nitrogens with two attached hydrogens (primary N) is 1. The van der Waals surface area contributed by atoms with Gasteiger partial charge in [0.15, 0.2) is 0 Å². The molecule has 1 aliphatic heterocycles. The molecule has 2 atom stereocenters. The van der Waals surface area contributed by atoms with Gasteiger partial charge in [-0.2, -0.15) is 0 Å². The smallest absolute Gasteiger partial charge is 0.239 e. The first-order valence-electron chi connectivity index (χ1n) is 6.05. The van der Waals surface area contributed by atoms with Gasteiger partial charge in [-0.1, -0.05) is 13.8 Å². The van der Waals surface area contributed by atoms with E-state index in [1.165, 1.54) is 12.8 Å². The van der Waals surface area contributed by atoms with E-state index in [0.717, 1.165) is 25.4 Å². The normalized spacial score (nSPS) is 24.3. The average Bonchev–Trinajstić information content (AvgIpc) is 2.16. The van der Waals surface area contributed by atoms with Crippen molar-refractivity contribution in [3.05, 3.63) is 0 Å². The number of hydrogen-bond acceptors (Lipinski definition) is 2. The first kappa shape index (κ1) is 12.5. The summed E-state index contributed by atoms with van der Waals surface area (Å²) < 4.78 is 0. The SMILES string of the molecule is CC(C)CC1CCCN(C(=O)[C@@H](C)N)C1. The highest BCUT2D eigenvalue weighted by atomic mass is 16.2. The fourth-order valence-corrected chi connectivity index (χ4v) is 2.41. The molecule has 0 spiro atoms. The van der Waals surface area contributed by atoms with Crippen molar-refractivity contribution in [1.29, 1.82) is 0 Å². The maximum Gasteiger partial charge on any atom is 0.239 e. The third-order valence-corrected chi connectivity index (χ3v) is 3.02. The second kappa shape index (κ2) is 5.50. The van der Waals surface area contributed by atoms with Crippen LogP contribution in [0.2, 0.25) is 0 Å². The molecule has 0 aliphatic carbocycles. The van der Waals surface area contributed by atoms with Gasteiger partial charge >= 0.3 is 0 Å². The van der Waals surface area contributed by atoms with Crippen LogP contribution in [0.5, 0.6) is 0 Å². The summed E-state index contributed by atoms with van der Waals surface area (Å²) in [6.07, 6.45) is 3.62. The van der Waals surface area contributed by atoms with E-state index in [1.54, 1.807) is 6.92 Å². The number of hydrogen-bond donors (Lipinski definition) is 1. The zero-order chi connectivity index (χ0) is 11.4. The van der Waals surface area contributed by atoms with Crippen LogP contribution in [0.3, 0.4) is 0 Å². The number of amides is 1. The van der Waals surface area contributed by atoms with Gasteiger partial charge in [0.1, 0.15) is 0 Å². The molecule has 0 radical (unpaired) electrons. The van der Waals surface area contributed by atoms with Crippen molar-refractivity contribution in [2.75, 3.05) is 13.1 Å². The van der Waals surface area contributed by atoms with Crippen LogP contribution in [-0.4, -0.2) is 29.9 Å². The average molecular weight is 212 g/mol. The molecule has 1 aliphatic rings. The summed E-state index contributed by atoms with van der Waals surface area (Å²) in [4.78, 5) is 13.7.